The van der Waals surface area contributed by atoms with Crippen LogP contribution < -0.4 is 5.32 Å². The van der Waals surface area contributed by atoms with E-state index in [4.69, 9.17) is 0 Å². The van der Waals surface area contributed by atoms with Crippen molar-refractivity contribution in [3.63, 3.8) is 0 Å². The highest BCUT2D eigenvalue weighted by Crippen LogP contribution is 2.25. The Bertz CT molecular complexity index is 1170. The van der Waals surface area contributed by atoms with E-state index in [9.17, 15) is 17.6 Å². The van der Waals surface area contributed by atoms with Crippen molar-refractivity contribution >= 4 is 15.9 Å². The summed E-state index contributed by atoms with van der Waals surface area (Å²) in [6, 6.07) is 11.9. The van der Waals surface area contributed by atoms with Crippen LogP contribution in [0.25, 0.3) is 5.69 Å². The quantitative estimate of drug-likeness (QED) is 0.606. The van der Waals surface area contributed by atoms with Crippen molar-refractivity contribution in [1.29, 1.82) is 0 Å². The predicted molar refractivity (Wildman–Crippen MR) is 114 cm³/mol. The van der Waals surface area contributed by atoms with Crippen LogP contribution in [0.5, 0.6) is 0 Å². The van der Waals surface area contributed by atoms with Crippen LogP contribution in [-0.2, 0) is 14.8 Å². The fourth-order valence-corrected chi connectivity index (χ4v) is 5.26. The van der Waals surface area contributed by atoms with Crippen molar-refractivity contribution < 1.29 is 17.6 Å². The number of sulfonamides is 1. The maximum atomic E-state index is 13.1. The lowest BCUT2D eigenvalue weighted by atomic mass is 9.98. The van der Waals surface area contributed by atoms with Gasteiger partial charge in [-0.15, -0.1) is 5.10 Å². The summed E-state index contributed by atoms with van der Waals surface area (Å²) in [5.74, 6) is -1.01. The monoisotopic (exact) mass is 458 g/mol. The number of nitrogens with one attached hydrogen (secondary N) is 1. The number of halogens is 1. The molecule has 1 amide bonds. The zero-order chi connectivity index (χ0) is 22.7. The molecular formula is C21H23FN6O3S. The minimum absolute atomic E-state index is 0.110. The van der Waals surface area contributed by atoms with E-state index in [0.717, 1.165) is 5.56 Å². The van der Waals surface area contributed by atoms with Crippen LogP contribution in [0.15, 0.2) is 59.8 Å². The Hall–Kier alpha value is -3.18. The molecule has 2 atom stereocenters. The molecule has 1 N–H and O–H groups in total. The van der Waals surface area contributed by atoms with Gasteiger partial charge in [-0.1, -0.05) is 12.1 Å². The largest absolute Gasteiger partial charge is 0.349 e. The number of benzene rings is 2. The minimum atomic E-state index is -3.75. The summed E-state index contributed by atoms with van der Waals surface area (Å²) in [6.07, 6.45) is 2.61. The Labute approximate surface area is 185 Å². The van der Waals surface area contributed by atoms with Crippen molar-refractivity contribution in [2.24, 2.45) is 5.92 Å². The van der Waals surface area contributed by atoms with Crippen molar-refractivity contribution in [3.05, 3.63) is 66.2 Å². The Morgan fingerprint density at radius 1 is 1.16 bits per heavy atom. The van der Waals surface area contributed by atoms with Gasteiger partial charge in [-0.05, 0) is 72.2 Å². The molecule has 11 heteroatoms. The second-order valence-electron chi connectivity index (χ2n) is 7.73. The van der Waals surface area contributed by atoms with Crippen LogP contribution in [0.3, 0.4) is 0 Å². The Balaban J connectivity index is 1.43. The second kappa shape index (κ2) is 9.13. The number of nitrogens with zero attached hydrogens (tertiary/aromatic N) is 5. The molecule has 2 aromatic carbocycles. The van der Waals surface area contributed by atoms with E-state index >= 15 is 0 Å². The van der Waals surface area contributed by atoms with Crippen LogP contribution in [0, 0.1) is 11.7 Å². The van der Waals surface area contributed by atoms with E-state index in [1.165, 1.54) is 39.6 Å². The lowest BCUT2D eigenvalue weighted by Crippen LogP contribution is -2.45. The van der Waals surface area contributed by atoms with E-state index in [1.54, 1.807) is 24.3 Å². The molecule has 1 aliphatic heterocycles. The van der Waals surface area contributed by atoms with Gasteiger partial charge in [0.15, 0.2) is 0 Å². The molecule has 0 unspecified atom stereocenters. The highest BCUT2D eigenvalue weighted by atomic mass is 32.2. The zero-order valence-corrected chi connectivity index (χ0v) is 18.2. The molecule has 0 saturated carbocycles. The molecule has 3 aromatic rings. The molecule has 1 saturated heterocycles. The Morgan fingerprint density at radius 3 is 2.53 bits per heavy atom. The van der Waals surface area contributed by atoms with Crippen LogP contribution >= 0.6 is 0 Å². The van der Waals surface area contributed by atoms with Gasteiger partial charge in [0.1, 0.15) is 12.1 Å². The highest BCUT2D eigenvalue weighted by molar-refractivity contribution is 7.89. The molecule has 4 rings (SSSR count). The predicted octanol–water partition coefficient (Wildman–Crippen LogP) is 2.08. The molecule has 168 valence electrons. The fraction of sp³-hybridized carbons (Fsp3) is 0.333. The van der Waals surface area contributed by atoms with E-state index in [2.05, 4.69) is 20.8 Å². The smallest absolute Gasteiger partial charge is 0.243 e. The van der Waals surface area contributed by atoms with Gasteiger partial charge in [-0.3, -0.25) is 4.79 Å². The summed E-state index contributed by atoms with van der Waals surface area (Å²) in [6.45, 7) is 2.28. The summed E-state index contributed by atoms with van der Waals surface area (Å²) in [4.78, 5) is 13.0. The molecule has 1 fully saturated rings. The van der Waals surface area contributed by atoms with Crippen molar-refractivity contribution in [2.75, 3.05) is 13.1 Å². The lowest BCUT2D eigenvalue weighted by molar-refractivity contribution is -0.126. The minimum Gasteiger partial charge on any atom is -0.349 e. The van der Waals surface area contributed by atoms with Gasteiger partial charge in [0, 0.05) is 13.1 Å². The number of aromatic nitrogens is 4. The molecule has 0 spiro atoms. The first-order valence-corrected chi connectivity index (χ1v) is 11.7. The second-order valence-corrected chi connectivity index (χ2v) is 9.67. The summed E-state index contributed by atoms with van der Waals surface area (Å²) in [7, 11) is -3.75. The number of amides is 1. The third-order valence-electron chi connectivity index (χ3n) is 5.57. The first-order valence-electron chi connectivity index (χ1n) is 10.2. The maximum absolute atomic E-state index is 13.1. The molecule has 1 aromatic heterocycles. The lowest BCUT2D eigenvalue weighted by Gasteiger charge is -2.32. The van der Waals surface area contributed by atoms with Gasteiger partial charge in [0.05, 0.1) is 22.5 Å². The summed E-state index contributed by atoms with van der Waals surface area (Å²) in [5, 5.41) is 13.8. The number of piperidine rings is 1. The highest BCUT2D eigenvalue weighted by Gasteiger charge is 2.33. The third-order valence-corrected chi connectivity index (χ3v) is 7.45. The summed E-state index contributed by atoms with van der Waals surface area (Å²) < 4.78 is 42.2. The molecule has 1 aliphatic rings. The SMILES string of the molecule is C[C@H](NC(=O)[C@H]1CCCN(S(=O)(=O)c2ccc(-n3cnnn3)cc2)C1)c1ccc(F)cc1. The van der Waals surface area contributed by atoms with Crippen molar-refractivity contribution in [3.8, 4) is 5.69 Å². The molecular weight excluding hydrogens is 435 g/mol. The zero-order valence-electron chi connectivity index (χ0n) is 17.4. The van der Waals surface area contributed by atoms with Crippen LogP contribution in [0.1, 0.15) is 31.4 Å². The number of carbonyl (C=O) groups is 1. The third kappa shape index (κ3) is 4.68. The molecule has 0 aliphatic carbocycles. The number of carbonyl (C=O) groups excluding carboxylic acids is 1. The van der Waals surface area contributed by atoms with Crippen molar-refractivity contribution in [2.45, 2.75) is 30.7 Å². The summed E-state index contributed by atoms with van der Waals surface area (Å²) >= 11 is 0. The first-order chi connectivity index (χ1) is 15.3. The standard InChI is InChI=1S/C21H23FN6O3S/c1-15(16-4-6-18(22)7-5-16)24-21(29)17-3-2-12-27(13-17)32(30,31)20-10-8-19(9-11-20)28-14-23-25-26-28/h4-11,14-15,17H,2-3,12-13H2,1H3,(H,24,29)/t15-,17-/m0/s1. The van der Waals surface area contributed by atoms with Gasteiger partial charge in [0.25, 0.3) is 0 Å². The van der Waals surface area contributed by atoms with Crippen LogP contribution in [0.4, 0.5) is 4.39 Å². The van der Waals surface area contributed by atoms with Gasteiger partial charge < -0.3 is 5.32 Å². The number of rotatable bonds is 6. The van der Waals surface area contributed by atoms with Crippen LogP contribution in [-0.4, -0.2) is 51.9 Å². The van der Waals surface area contributed by atoms with Gasteiger partial charge in [0.2, 0.25) is 15.9 Å². The normalized spacial score (nSPS) is 18.2. The Kier molecular flexibility index (Phi) is 6.28. The number of hydrogen-bond donors (Lipinski definition) is 1. The van der Waals surface area contributed by atoms with Crippen molar-refractivity contribution in [1.82, 2.24) is 29.8 Å². The van der Waals surface area contributed by atoms with E-state index < -0.39 is 15.9 Å². The average Bonchev–Trinajstić information content (AvgIpc) is 3.35. The van der Waals surface area contributed by atoms with Crippen LogP contribution in [0.2, 0.25) is 0 Å². The fourth-order valence-electron chi connectivity index (χ4n) is 3.74. The molecule has 0 radical (unpaired) electrons. The topological polar surface area (TPSA) is 110 Å². The molecule has 2 heterocycles. The molecule has 9 nitrogen and oxygen atoms in total. The van der Waals surface area contributed by atoms with E-state index in [1.807, 2.05) is 6.92 Å². The van der Waals surface area contributed by atoms with E-state index in [0.29, 0.717) is 25.1 Å². The molecule has 32 heavy (non-hydrogen) atoms. The number of hydrogen-bond acceptors (Lipinski definition) is 6. The van der Waals surface area contributed by atoms with Gasteiger partial charge >= 0.3 is 0 Å². The van der Waals surface area contributed by atoms with Gasteiger partial charge in [-0.25, -0.2) is 17.5 Å². The summed E-state index contributed by atoms with van der Waals surface area (Å²) in [5.41, 5.74) is 1.42. The molecule has 0 bridgehead atoms. The average molecular weight is 459 g/mol. The first kappa shape index (κ1) is 22.0. The van der Waals surface area contributed by atoms with Gasteiger partial charge in [-0.2, -0.15) is 4.31 Å². The van der Waals surface area contributed by atoms with E-state index in [-0.39, 0.29) is 29.2 Å². The maximum Gasteiger partial charge on any atom is 0.243 e. The number of tetrazole rings is 1. The Morgan fingerprint density at radius 2 is 1.88 bits per heavy atom.